The number of amides is 1. The number of para-hydroxylation sites is 1. The summed E-state index contributed by atoms with van der Waals surface area (Å²) in [4.78, 5) is 14.8. The lowest BCUT2D eigenvalue weighted by molar-refractivity contribution is -0.130. The molecular formula is C23H30N2O3. The largest absolute Gasteiger partial charge is 0.493 e. The number of hydrogen-bond donors (Lipinski definition) is 1. The van der Waals surface area contributed by atoms with Crippen molar-refractivity contribution < 1.29 is 14.3 Å². The number of carbonyl (C=O) groups is 1. The molecule has 0 aromatic heterocycles. The molecule has 1 N–H and O–H groups in total. The van der Waals surface area contributed by atoms with E-state index in [0.717, 1.165) is 23.4 Å². The van der Waals surface area contributed by atoms with Gasteiger partial charge in [0, 0.05) is 18.8 Å². The van der Waals surface area contributed by atoms with Gasteiger partial charge in [0.05, 0.1) is 20.8 Å². The van der Waals surface area contributed by atoms with Gasteiger partial charge in [0.2, 0.25) is 5.91 Å². The van der Waals surface area contributed by atoms with Crippen molar-refractivity contribution in [2.45, 2.75) is 39.7 Å². The molecule has 0 atom stereocenters. The van der Waals surface area contributed by atoms with E-state index >= 15 is 0 Å². The average Bonchev–Trinajstić information content (AvgIpc) is 2.70. The Morgan fingerprint density at radius 3 is 2.46 bits per heavy atom. The maximum absolute atomic E-state index is 12.9. The van der Waals surface area contributed by atoms with Gasteiger partial charge in [-0.15, -0.1) is 0 Å². The number of carbonyl (C=O) groups excluding carboxylic acids is 1. The number of anilines is 1. The molecule has 0 aliphatic carbocycles. The second kappa shape index (κ2) is 8.55. The summed E-state index contributed by atoms with van der Waals surface area (Å²) in [5, 5.41) is 3.39. The standard InChI is InChI=1S/C23H30N2O3/c1-15(2)19-8-6-7-16(3)23(19)24-13-22(26)25-10-9-17-11-20(27-4)21(28-5)12-18(17)14-25/h6-8,11-12,15,24H,9-10,13-14H2,1-5H3. The second-order valence-electron chi connectivity index (χ2n) is 7.59. The van der Waals surface area contributed by atoms with Crippen LogP contribution in [0.15, 0.2) is 30.3 Å². The predicted octanol–water partition coefficient (Wildman–Crippen LogP) is 4.13. The van der Waals surface area contributed by atoms with Crippen LogP contribution in [0.25, 0.3) is 0 Å². The Balaban J connectivity index is 1.71. The highest BCUT2D eigenvalue weighted by Gasteiger charge is 2.23. The van der Waals surface area contributed by atoms with Crippen molar-refractivity contribution >= 4 is 11.6 Å². The highest BCUT2D eigenvalue weighted by atomic mass is 16.5. The fourth-order valence-electron chi connectivity index (χ4n) is 3.78. The summed E-state index contributed by atoms with van der Waals surface area (Å²) >= 11 is 0. The van der Waals surface area contributed by atoms with Gasteiger partial charge in [-0.25, -0.2) is 0 Å². The molecule has 5 nitrogen and oxygen atoms in total. The quantitative estimate of drug-likeness (QED) is 0.816. The number of benzene rings is 2. The molecule has 0 bridgehead atoms. The Kier molecular flexibility index (Phi) is 6.12. The van der Waals surface area contributed by atoms with Crippen LogP contribution in [0, 0.1) is 6.92 Å². The number of ether oxygens (including phenoxy) is 2. The van der Waals surface area contributed by atoms with Crippen LogP contribution in [-0.4, -0.2) is 38.1 Å². The molecule has 0 saturated heterocycles. The van der Waals surface area contributed by atoms with E-state index in [9.17, 15) is 4.79 Å². The maximum atomic E-state index is 12.9. The van der Waals surface area contributed by atoms with Crippen LogP contribution >= 0.6 is 0 Å². The molecule has 0 radical (unpaired) electrons. The normalized spacial score (nSPS) is 13.3. The molecular weight excluding hydrogens is 352 g/mol. The monoisotopic (exact) mass is 382 g/mol. The van der Waals surface area contributed by atoms with Crippen molar-refractivity contribution in [3.8, 4) is 11.5 Å². The van der Waals surface area contributed by atoms with Gasteiger partial charge in [-0.1, -0.05) is 32.0 Å². The molecule has 5 heteroatoms. The summed E-state index contributed by atoms with van der Waals surface area (Å²) in [5.74, 6) is 1.96. The molecule has 0 spiro atoms. The third-order valence-corrected chi connectivity index (χ3v) is 5.41. The molecule has 1 amide bonds. The Bertz CT molecular complexity index is 861. The molecule has 3 rings (SSSR count). The number of nitrogens with zero attached hydrogens (tertiary/aromatic N) is 1. The zero-order chi connectivity index (χ0) is 20.3. The van der Waals surface area contributed by atoms with Gasteiger partial charge in [0.15, 0.2) is 11.5 Å². The summed E-state index contributed by atoms with van der Waals surface area (Å²) in [6, 6.07) is 10.3. The third-order valence-electron chi connectivity index (χ3n) is 5.41. The highest BCUT2D eigenvalue weighted by molar-refractivity contribution is 5.82. The van der Waals surface area contributed by atoms with Crippen LogP contribution in [0.3, 0.4) is 0 Å². The summed E-state index contributed by atoms with van der Waals surface area (Å²) in [6.07, 6.45) is 0.822. The maximum Gasteiger partial charge on any atom is 0.242 e. The van der Waals surface area contributed by atoms with E-state index in [0.29, 0.717) is 31.3 Å². The number of nitrogens with one attached hydrogen (secondary N) is 1. The summed E-state index contributed by atoms with van der Waals surface area (Å²) < 4.78 is 10.8. The minimum absolute atomic E-state index is 0.110. The molecule has 0 saturated carbocycles. The van der Waals surface area contributed by atoms with Crippen molar-refractivity contribution in [1.82, 2.24) is 4.90 Å². The second-order valence-corrected chi connectivity index (χ2v) is 7.59. The Hall–Kier alpha value is -2.69. The fourth-order valence-corrected chi connectivity index (χ4v) is 3.78. The zero-order valence-corrected chi connectivity index (χ0v) is 17.5. The Labute approximate surface area is 167 Å². The van der Waals surface area contributed by atoms with Crippen molar-refractivity contribution in [2.75, 3.05) is 32.6 Å². The first-order valence-electron chi connectivity index (χ1n) is 9.79. The van der Waals surface area contributed by atoms with Gasteiger partial charge in [-0.05, 0) is 53.6 Å². The van der Waals surface area contributed by atoms with Crippen LogP contribution in [0.4, 0.5) is 5.69 Å². The van der Waals surface area contributed by atoms with Gasteiger partial charge < -0.3 is 19.7 Å². The molecule has 1 aliphatic rings. The first kappa shape index (κ1) is 20.1. The van der Waals surface area contributed by atoms with Crippen LogP contribution in [-0.2, 0) is 17.8 Å². The van der Waals surface area contributed by atoms with E-state index in [2.05, 4.69) is 44.3 Å². The fraction of sp³-hybridized carbons (Fsp3) is 0.435. The lowest BCUT2D eigenvalue weighted by Gasteiger charge is -2.30. The van der Waals surface area contributed by atoms with E-state index in [1.54, 1.807) is 14.2 Å². The number of aryl methyl sites for hydroxylation is 1. The molecule has 1 aliphatic heterocycles. The first-order chi connectivity index (χ1) is 13.4. The van der Waals surface area contributed by atoms with Gasteiger partial charge in [-0.2, -0.15) is 0 Å². The molecule has 28 heavy (non-hydrogen) atoms. The SMILES string of the molecule is COc1cc2c(cc1OC)CN(C(=O)CNc1c(C)cccc1C(C)C)CC2. The molecule has 0 unspecified atom stereocenters. The highest BCUT2D eigenvalue weighted by Crippen LogP contribution is 2.33. The lowest BCUT2D eigenvalue weighted by Crippen LogP contribution is -2.39. The lowest BCUT2D eigenvalue weighted by atomic mass is 9.98. The summed E-state index contributed by atoms with van der Waals surface area (Å²) in [6.45, 7) is 8.04. The van der Waals surface area contributed by atoms with Gasteiger partial charge >= 0.3 is 0 Å². The Morgan fingerprint density at radius 1 is 1.14 bits per heavy atom. The van der Waals surface area contributed by atoms with E-state index < -0.39 is 0 Å². The molecule has 150 valence electrons. The molecule has 2 aromatic carbocycles. The summed E-state index contributed by atoms with van der Waals surface area (Å²) in [7, 11) is 3.28. The number of methoxy groups -OCH3 is 2. The minimum atomic E-state index is 0.110. The van der Waals surface area contributed by atoms with E-state index in [-0.39, 0.29) is 5.91 Å². The predicted molar refractivity (Wildman–Crippen MR) is 112 cm³/mol. The van der Waals surface area contributed by atoms with Gasteiger partial charge in [-0.3, -0.25) is 4.79 Å². The van der Waals surface area contributed by atoms with Crippen molar-refractivity contribution in [2.24, 2.45) is 0 Å². The van der Waals surface area contributed by atoms with Crippen molar-refractivity contribution in [3.63, 3.8) is 0 Å². The van der Waals surface area contributed by atoms with E-state index in [4.69, 9.17) is 9.47 Å². The minimum Gasteiger partial charge on any atom is -0.493 e. The number of hydrogen-bond acceptors (Lipinski definition) is 4. The van der Waals surface area contributed by atoms with Crippen molar-refractivity contribution in [3.05, 3.63) is 52.6 Å². The molecule has 0 fully saturated rings. The smallest absolute Gasteiger partial charge is 0.242 e. The molecule has 1 heterocycles. The van der Waals surface area contributed by atoms with E-state index in [1.165, 1.54) is 16.7 Å². The van der Waals surface area contributed by atoms with Crippen LogP contribution in [0.1, 0.15) is 42.0 Å². The Morgan fingerprint density at radius 2 is 1.82 bits per heavy atom. The first-order valence-corrected chi connectivity index (χ1v) is 9.79. The van der Waals surface area contributed by atoms with Gasteiger partial charge in [0.1, 0.15) is 0 Å². The van der Waals surface area contributed by atoms with Crippen LogP contribution in [0.5, 0.6) is 11.5 Å². The number of rotatable bonds is 6. The van der Waals surface area contributed by atoms with Crippen LogP contribution < -0.4 is 14.8 Å². The van der Waals surface area contributed by atoms with Gasteiger partial charge in [0.25, 0.3) is 0 Å². The average molecular weight is 383 g/mol. The summed E-state index contributed by atoms with van der Waals surface area (Å²) in [5.41, 5.74) is 5.83. The zero-order valence-electron chi connectivity index (χ0n) is 17.5. The van der Waals surface area contributed by atoms with E-state index in [1.807, 2.05) is 17.0 Å². The topological polar surface area (TPSA) is 50.8 Å². The number of fused-ring (bicyclic) bond motifs is 1. The molecule has 2 aromatic rings. The van der Waals surface area contributed by atoms with Crippen molar-refractivity contribution in [1.29, 1.82) is 0 Å². The van der Waals surface area contributed by atoms with Crippen LogP contribution in [0.2, 0.25) is 0 Å². The third kappa shape index (κ3) is 4.08.